The van der Waals surface area contributed by atoms with E-state index in [-0.39, 0.29) is 12.5 Å². The van der Waals surface area contributed by atoms with Gasteiger partial charge in [0.05, 0.1) is 36.3 Å². The first-order valence-electron chi connectivity index (χ1n) is 7.58. The lowest BCUT2D eigenvalue weighted by Gasteiger charge is -2.21. The van der Waals surface area contributed by atoms with Crippen LogP contribution in [0.4, 0.5) is 11.4 Å². The number of nitriles is 1. The van der Waals surface area contributed by atoms with Crippen LogP contribution in [0.25, 0.3) is 0 Å². The summed E-state index contributed by atoms with van der Waals surface area (Å²) in [7, 11) is 3.27. The molecule has 1 heterocycles. The van der Waals surface area contributed by atoms with Crippen LogP contribution < -0.4 is 15.0 Å². The van der Waals surface area contributed by atoms with Gasteiger partial charge in [-0.2, -0.15) is 5.26 Å². The Hall–Kier alpha value is -2.78. The molecule has 0 aliphatic heterocycles. The molecule has 1 N–H and O–H groups in total. The summed E-state index contributed by atoms with van der Waals surface area (Å²) in [6, 6.07) is 8.93. The maximum atomic E-state index is 12.4. The molecule has 6 nitrogen and oxygen atoms in total. The van der Waals surface area contributed by atoms with Crippen molar-refractivity contribution < 1.29 is 9.53 Å². The Balaban J connectivity index is 2.19. The van der Waals surface area contributed by atoms with Gasteiger partial charge >= 0.3 is 0 Å². The zero-order chi connectivity index (χ0) is 18.6. The lowest BCUT2D eigenvalue weighted by molar-refractivity contribution is -0.114. The third-order valence-electron chi connectivity index (χ3n) is 3.65. The van der Waals surface area contributed by atoms with Crippen LogP contribution in [0.2, 0.25) is 5.02 Å². The van der Waals surface area contributed by atoms with Crippen molar-refractivity contribution in [1.82, 2.24) is 4.98 Å². The zero-order valence-corrected chi connectivity index (χ0v) is 15.3. The first-order chi connectivity index (χ1) is 11.8. The normalized spacial score (nSPS) is 10.1. The predicted octanol–water partition coefficient (Wildman–Crippen LogP) is 3.31. The van der Waals surface area contributed by atoms with E-state index in [0.29, 0.717) is 33.4 Å². The number of aromatic nitrogens is 1. The van der Waals surface area contributed by atoms with Crippen LogP contribution in [0.15, 0.2) is 24.3 Å². The second-order valence-corrected chi connectivity index (χ2v) is 6.04. The molecule has 0 fully saturated rings. The van der Waals surface area contributed by atoms with E-state index in [9.17, 15) is 10.1 Å². The molecule has 1 aromatic heterocycles. The van der Waals surface area contributed by atoms with E-state index in [1.54, 1.807) is 43.1 Å². The Morgan fingerprint density at radius 3 is 2.76 bits per heavy atom. The van der Waals surface area contributed by atoms with Gasteiger partial charge in [0.2, 0.25) is 5.91 Å². The molecule has 1 aromatic carbocycles. The Labute approximate surface area is 152 Å². The monoisotopic (exact) mass is 358 g/mol. The molecule has 25 heavy (non-hydrogen) atoms. The van der Waals surface area contributed by atoms with Gasteiger partial charge in [0.1, 0.15) is 11.8 Å². The van der Waals surface area contributed by atoms with E-state index < -0.39 is 0 Å². The fraction of sp³-hybridized carbons (Fsp3) is 0.278. The number of carbonyl (C=O) groups excluding carboxylic acids is 1. The van der Waals surface area contributed by atoms with Crippen LogP contribution in [0.1, 0.15) is 17.0 Å². The zero-order valence-electron chi connectivity index (χ0n) is 14.6. The summed E-state index contributed by atoms with van der Waals surface area (Å²) in [5.41, 5.74) is 3.05. The number of pyridine rings is 1. The molecule has 0 aliphatic carbocycles. The number of methoxy groups -OCH3 is 1. The number of likely N-dealkylation sites (N-methyl/N-ethyl adjacent to an activating group) is 1. The number of hydrogen-bond donors (Lipinski definition) is 1. The highest BCUT2D eigenvalue weighted by molar-refractivity contribution is 6.31. The number of benzene rings is 1. The van der Waals surface area contributed by atoms with Crippen LogP contribution in [0.5, 0.6) is 5.75 Å². The first-order valence-corrected chi connectivity index (χ1v) is 7.96. The van der Waals surface area contributed by atoms with Crippen molar-refractivity contribution in [3.8, 4) is 11.8 Å². The first kappa shape index (κ1) is 18.6. The highest BCUT2D eigenvalue weighted by Gasteiger charge is 2.16. The number of amides is 1. The Kier molecular flexibility index (Phi) is 5.84. The van der Waals surface area contributed by atoms with E-state index >= 15 is 0 Å². The average molecular weight is 359 g/mol. The number of aryl methyl sites for hydroxylation is 2. The van der Waals surface area contributed by atoms with Gasteiger partial charge in [-0.3, -0.25) is 9.78 Å². The second kappa shape index (κ2) is 7.86. The Bertz CT molecular complexity index is 846. The van der Waals surface area contributed by atoms with E-state index in [2.05, 4.69) is 16.4 Å². The van der Waals surface area contributed by atoms with Gasteiger partial charge in [-0.05, 0) is 38.1 Å². The molecule has 0 unspecified atom stereocenters. The van der Waals surface area contributed by atoms with Crippen molar-refractivity contribution >= 4 is 28.9 Å². The molecular weight excluding hydrogens is 340 g/mol. The standard InChI is InChI=1S/C18H19ClN4O2/c1-11-7-16(14(9-20)12(2)21-11)23(3)10-18(24)22-15-8-13(19)5-6-17(15)25-4/h5-8H,10H2,1-4H3,(H,22,24). The summed E-state index contributed by atoms with van der Waals surface area (Å²) < 4.78 is 5.22. The molecule has 7 heteroatoms. The van der Waals surface area contributed by atoms with E-state index in [1.807, 2.05) is 6.92 Å². The van der Waals surface area contributed by atoms with Crippen LogP contribution >= 0.6 is 11.6 Å². The Morgan fingerprint density at radius 2 is 2.12 bits per heavy atom. The summed E-state index contributed by atoms with van der Waals surface area (Å²) in [6.07, 6.45) is 0. The molecule has 130 valence electrons. The van der Waals surface area contributed by atoms with Gasteiger partial charge in [0.25, 0.3) is 0 Å². The van der Waals surface area contributed by atoms with Gasteiger partial charge < -0.3 is 15.0 Å². The number of anilines is 2. The molecule has 0 aliphatic rings. The smallest absolute Gasteiger partial charge is 0.243 e. The third-order valence-corrected chi connectivity index (χ3v) is 3.88. The van der Waals surface area contributed by atoms with Crippen LogP contribution in [0.3, 0.4) is 0 Å². The number of carbonyl (C=O) groups is 1. The quantitative estimate of drug-likeness (QED) is 0.887. The molecule has 0 radical (unpaired) electrons. The number of rotatable bonds is 5. The Morgan fingerprint density at radius 1 is 1.40 bits per heavy atom. The molecule has 2 rings (SSSR count). The van der Waals surface area contributed by atoms with Crippen molar-refractivity contribution in [2.45, 2.75) is 13.8 Å². The SMILES string of the molecule is COc1ccc(Cl)cc1NC(=O)CN(C)c1cc(C)nc(C)c1C#N. The van der Waals surface area contributed by atoms with Crippen LogP contribution in [-0.4, -0.2) is 31.6 Å². The second-order valence-electron chi connectivity index (χ2n) is 5.60. The summed E-state index contributed by atoms with van der Waals surface area (Å²) in [5, 5.41) is 12.6. The summed E-state index contributed by atoms with van der Waals surface area (Å²) >= 11 is 5.97. The highest BCUT2D eigenvalue weighted by Crippen LogP contribution is 2.28. The summed E-state index contributed by atoms with van der Waals surface area (Å²) in [6.45, 7) is 3.69. The van der Waals surface area contributed by atoms with E-state index in [0.717, 1.165) is 5.69 Å². The summed E-state index contributed by atoms with van der Waals surface area (Å²) in [4.78, 5) is 18.4. The van der Waals surface area contributed by atoms with E-state index in [4.69, 9.17) is 16.3 Å². The maximum absolute atomic E-state index is 12.4. The topological polar surface area (TPSA) is 78.2 Å². The van der Waals surface area contributed by atoms with Crippen molar-refractivity contribution in [2.75, 3.05) is 30.9 Å². The highest BCUT2D eigenvalue weighted by atomic mass is 35.5. The van der Waals surface area contributed by atoms with Gasteiger partial charge in [-0.25, -0.2) is 0 Å². The molecule has 0 spiro atoms. The van der Waals surface area contributed by atoms with E-state index in [1.165, 1.54) is 7.11 Å². The number of nitrogens with zero attached hydrogens (tertiary/aromatic N) is 3. The number of halogens is 1. The predicted molar refractivity (Wildman–Crippen MR) is 98.3 cm³/mol. The van der Waals surface area contributed by atoms with Crippen molar-refractivity contribution in [3.63, 3.8) is 0 Å². The molecular formula is C18H19ClN4O2. The van der Waals surface area contributed by atoms with Crippen molar-refractivity contribution in [2.24, 2.45) is 0 Å². The molecule has 0 saturated carbocycles. The number of hydrogen-bond acceptors (Lipinski definition) is 5. The van der Waals surface area contributed by atoms with Gasteiger partial charge in [0, 0.05) is 17.8 Å². The number of nitrogens with one attached hydrogen (secondary N) is 1. The largest absolute Gasteiger partial charge is 0.495 e. The lowest BCUT2D eigenvalue weighted by Crippen LogP contribution is -2.31. The van der Waals surface area contributed by atoms with Crippen LogP contribution in [-0.2, 0) is 4.79 Å². The summed E-state index contributed by atoms with van der Waals surface area (Å²) in [5.74, 6) is 0.271. The maximum Gasteiger partial charge on any atom is 0.243 e. The minimum Gasteiger partial charge on any atom is -0.495 e. The van der Waals surface area contributed by atoms with Crippen LogP contribution in [0, 0.1) is 25.2 Å². The minimum atomic E-state index is -0.251. The number of ether oxygens (including phenoxy) is 1. The fourth-order valence-electron chi connectivity index (χ4n) is 2.52. The third kappa shape index (κ3) is 4.40. The lowest BCUT2D eigenvalue weighted by atomic mass is 10.1. The molecule has 1 amide bonds. The molecule has 0 bridgehead atoms. The molecule has 0 saturated heterocycles. The van der Waals surface area contributed by atoms with Gasteiger partial charge in [0.15, 0.2) is 0 Å². The van der Waals surface area contributed by atoms with Crippen molar-refractivity contribution in [3.05, 3.63) is 46.2 Å². The molecule has 0 atom stereocenters. The molecule has 2 aromatic rings. The fourth-order valence-corrected chi connectivity index (χ4v) is 2.69. The minimum absolute atomic E-state index is 0.0627. The van der Waals surface area contributed by atoms with Gasteiger partial charge in [-0.1, -0.05) is 11.6 Å². The van der Waals surface area contributed by atoms with Gasteiger partial charge in [-0.15, -0.1) is 0 Å². The van der Waals surface area contributed by atoms with Crippen molar-refractivity contribution in [1.29, 1.82) is 5.26 Å². The average Bonchev–Trinajstić information content (AvgIpc) is 2.54.